The molecule has 0 aliphatic rings. The first kappa shape index (κ1) is 14.6. The second kappa shape index (κ2) is 7.75. The van der Waals surface area contributed by atoms with Crippen molar-refractivity contribution in [1.29, 1.82) is 0 Å². The van der Waals surface area contributed by atoms with Crippen LogP contribution >= 0.6 is 0 Å². The Labute approximate surface area is 109 Å². The lowest BCUT2D eigenvalue weighted by Gasteiger charge is -2.06. The highest BCUT2D eigenvalue weighted by atomic mass is 32.2. The maximum atomic E-state index is 11.7. The van der Waals surface area contributed by atoms with Crippen LogP contribution in [-0.4, -0.2) is 45.2 Å². The molecule has 0 spiro atoms. The van der Waals surface area contributed by atoms with Gasteiger partial charge in [-0.15, -0.1) is 0 Å². The van der Waals surface area contributed by atoms with E-state index in [2.05, 4.69) is 20.6 Å². The Morgan fingerprint density at radius 3 is 2.83 bits per heavy atom. The maximum absolute atomic E-state index is 11.7. The Bertz CT molecular complexity index is 425. The molecule has 18 heavy (non-hydrogen) atoms. The van der Waals surface area contributed by atoms with Crippen LogP contribution < -0.4 is 10.6 Å². The van der Waals surface area contributed by atoms with Gasteiger partial charge in [0.2, 0.25) is 0 Å². The predicted molar refractivity (Wildman–Crippen MR) is 72.1 cm³/mol. The van der Waals surface area contributed by atoms with Crippen LogP contribution in [0.1, 0.15) is 23.8 Å². The summed E-state index contributed by atoms with van der Waals surface area (Å²) in [5, 5.41) is 5.71. The van der Waals surface area contributed by atoms with E-state index >= 15 is 0 Å². The van der Waals surface area contributed by atoms with Gasteiger partial charge in [0.1, 0.15) is 11.5 Å². The van der Waals surface area contributed by atoms with Gasteiger partial charge in [-0.3, -0.25) is 14.0 Å². The number of anilines is 1. The second-order valence-electron chi connectivity index (χ2n) is 3.75. The van der Waals surface area contributed by atoms with E-state index in [9.17, 15) is 9.00 Å². The molecule has 1 amide bonds. The van der Waals surface area contributed by atoms with Crippen LogP contribution in [0.4, 0.5) is 5.82 Å². The molecule has 1 atom stereocenters. The third-order valence-electron chi connectivity index (χ3n) is 2.10. The minimum absolute atomic E-state index is 0.262. The summed E-state index contributed by atoms with van der Waals surface area (Å²) in [6.45, 7) is 3.20. The van der Waals surface area contributed by atoms with Gasteiger partial charge in [-0.25, -0.2) is 4.98 Å². The number of carbonyl (C=O) groups is 1. The Morgan fingerprint density at radius 1 is 1.39 bits per heavy atom. The molecule has 1 aromatic rings. The van der Waals surface area contributed by atoms with Crippen molar-refractivity contribution in [3.05, 3.63) is 18.1 Å². The largest absolute Gasteiger partial charge is 0.369 e. The zero-order chi connectivity index (χ0) is 13.4. The number of hydrogen-bond donors (Lipinski definition) is 2. The first-order chi connectivity index (χ1) is 8.63. The standard InChI is InChI=1S/C11H18N4O2S/c1-3-4-13-10-8-12-7-9(15-10)11(16)14-5-6-18(2)17/h7-8H,3-6H2,1-2H3,(H,13,15)(H,14,16). The quantitative estimate of drug-likeness (QED) is 0.749. The van der Waals surface area contributed by atoms with Crippen molar-refractivity contribution in [3.63, 3.8) is 0 Å². The molecular weight excluding hydrogens is 252 g/mol. The molecule has 0 bridgehead atoms. The van der Waals surface area contributed by atoms with Gasteiger partial charge in [-0.05, 0) is 6.42 Å². The molecule has 0 radical (unpaired) electrons. The average Bonchev–Trinajstić information content (AvgIpc) is 2.36. The number of hydrogen-bond acceptors (Lipinski definition) is 5. The molecule has 100 valence electrons. The van der Waals surface area contributed by atoms with Gasteiger partial charge < -0.3 is 10.6 Å². The van der Waals surface area contributed by atoms with Crippen molar-refractivity contribution in [2.45, 2.75) is 13.3 Å². The van der Waals surface area contributed by atoms with Gasteiger partial charge in [0.15, 0.2) is 0 Å². The van der Waals surface area contributed by atoms with Crippen LogP contribution in [0.5, 0.6) is 0 Å². The lowest BCUT2D eigenvalue weighted by Crippen LogP contribution is -2.28. The van der Waals surface area contributed by atoms with Gasteiger partial charge in [0.05, 0.1) is 12.4 Å². The van der Waals surface area contributed by atoms with Crippen LogP contribution in [0.25, 0.3) is 0 Å². The molecule has 2 N–H and O–H groups in total. The molecule has 0 fully saturated rings. The van der Waals surface area contributed by atoms with Gasteiger partial charge in [0, 0.05) is 35.9 Å². The van der Waals surface area contributed by atoms with Gasteiger partial charge >= 0.3 is 0 Å². The maximum Gasteiger partial charge on any atom is 0.271 e. The normalized spacial score (nSPS) is 11.9. The monoisotopic (exact) mass is 270 g/mol. The minimum Gasteiger partial charge on any atom is -0.369 e. The summed E-state index contributed by atoms with van der Waals surface area (Å²) in [5.74, 6) is 0.726. The zero-order valence-corrected chi connectivity index (χ0v) is 11.4. The van der Waals surface area contributed by atoms with Crippen LogP contribution in [0.3, 0.4) is 0 Å². The van der Waals surface area contributed by atoms with E-state index in [0.29, 0.717) is 18.1 Å². The fourth-order valence-corrected chi connectivity index (χ4v) is 1.60. The summed E-state index contributed by atoms with van der Waals surface area (Å²) in [6.07, 6.45) is 5.56. The molecule has 0 saturated carbocycles. The summed E-state index contributed by atoms with van der Waals surface area (Å²) in [5.41, 5.74) is 0.262. The van der Waals surface area contributed by atoms with Crippen molar-refractivity contribution >= 4 is 22.5 Å². The lowest BCUT2D eigenvalue weighted by atomic mass is 10.4. The number of aromatic nitrogens is 2. The molecule has 6 nitrogen and oxygen atoms in total. The molecule has 1 aromatic heterocycles. The number of rotatable bonds is 7. The summed E-state index contributed by atoms with van der Waals surface area (Å²) >= 11 is 0. The van der Waals surface area contributed by atoms with Crippen molar-refractivity contribution < 1.29 is 9.00 Å². The van der Waals surface area contributed by atoms with E-state index in [-0.39, 0.29) is 11.6 Å². The Balaban J connectivity index is 2.54. The van der Waals surface area contributed by atoms with Gasteiger partial charge in [-0.2, -0.15) is 0 Å². The van der Waals surface area contributed by atoms with Gasteiger partial charge in [-0.1, -0.05) is 6.92 Å². The first-order valence-corrected chi connectivity index (χ1v) is 7.50. The van der Waals surface area contributed by atoms with Crippen LogP contribution in [0.2, 0.25) is 0 Å². The smallest absolute Gasteiger partial charge is 0.271 e. The molecule has 1 heterocycles. The van der Waals surface area contributed by atoms with E-state index < -0.39 is 10.8 Å². The van der Waals surface area contributed by atoms with Crippen molar-refractivity contribution in [2.24, 2.45) is 0 Å². The van der Waals surface area contributed by atoms with Crippen LogP contribution in [0, 0.1) is 0 Å². The number of amides is 1. The summed E-state index contributed by atoms with van der Waals surface area (Å²) in [7, 11) is -0.910. The van der Waals surface area contributed by atoms with Crippen molar-refractivity contribution in [2.75, 3.05) is 30.4 Å². The highest BCUT2D eigenvalue weighted by Crippen LogP contribution is 2.02. The lowest BCUT2D eigenvalue weighted by molar-refractivity contribution is 0.0951. The average molecular weight is 270 g/mol. The molecule has 0 aromatic carbocycles. The highest BCUT2D eigenvalue weighted by molar-refractivity contribution is 7.84. The van der Waals surface area contributed by atoms with E-state index in [4.69, 9.17) is 0 Å². The molecule has 0 saturated heterocycles. The third-order valence-corrected chi connectivity index (χ3v) is 2.88. The van der Waals surface area contributed by atoms with Crippen LogP contribution in [-0.2, 0) is 10.8 Å². The third kappa shape index (κ3) is 5.22. The Hall–Kier alpha value is -1.50. The fourth-order valence-electron chi connectivity index (χ4n) is 1.21. The van der Waals surface area contributed by atoms with E-state index in [1.54, 1.807) is 12.5 Å². The highest BCUT2D eigenvalue weighted by Gasteiger charge is 2.08. The summed E-state index contributed by atoms with van der Waals surface area (Å²) in [6, 6.07) is 0. The topological polar surface area (TPSA) is 84.0 Å². The van der Waals surface area contributed by atoms with Crippen molar-refractivity contribution in [3.8, 4) is 0 Å². The number of carbonyl (C=O) groups excluding carboxylic acids is 1. The fraction of sp³-hybridized carbons (Fsp3) is 0.545. The molecular formula is C11H18N4O2S. The Kier molecular flexibility index (Phi) is 6.27. The molecule has 0 aliphatic heterocycles. The molecule has 1 rings (SSSR count). The second-order valence-corrected chi connectivity index (χ2v) is 5.30. The van der Waals surface area contributed by atoms with Crippen LogP contribution in [0.15, 0.2) is 12.4 Å². The molecule has 7 heteroatoms. The van der Waals surface area contributed by atoms with Gasteiger partial charge in [0.25, 0.3) is 5.91 Å². The SMILES string of the molecule is CCCNc1cncc(C(=O)NCCS(C)=O)n1. The van der Waals surface area contributed by atoms with E-state index in [1.165, 1.54) is 6.20 Å². The zero-order valence-electron chi connectivity index (χ0n) is 10.6. The molecule has 0 aliphatic carbocycles. The molecule has 1 unspecified atom stereocenters. The first-order valence-electron chi connectivity index (χ1n) is 5.77. The van der Waals surface area contributed by atoms with E-state index in [0.717, 1.165) is 13.0 Å². The minimum atomic E-state index is -0.910. The van der Waals surface area contributed by atoms with Crippen molar-refractivity contribution in [1.82, 2.24) is 15.3 Å². The summed E-state index contributed by atoms with van der Waals surface area (Å²) in [4.78, 5) is 19.8. The number of nitrogens with one attached hydrogen (secondary N) is 2. The number of nitrogens with zero attached hydrogens (tertiary/aromatic N) is 2. The van der Waals surface area contributed by atoms with E-state index in [1.807, 2.05) is 6.92 Å². The Morgan fingerprint density at radius 2 is 2.17 bits per heavy atom. The predicted octanol–water partition coefficient (Wildman–Crippen LogP) is 0.407. The summed E-state index contributed by atoms with van der Waals surface area (Å²) < 4.78 is 10.9.